The first-order valence-corrected chi connectivity index (χ1v) is 9.86. The molecule has 2 rings (SSSR count). The minimum absolute atomic E-state index is 0.549. The van der Waals surface area contributed by atoms with Gasteiger partial charge in [0.2, 0.25) is 0 Å². The van der Waals surface area contributed by atoms with Crippen molar-refractivity contribution >= 4 is 17.3 Å². The molecule has 1 aromatic heterocycles. The molecular weight excluding hydrogens is 328 g/mol. The van der Waals surface area contributed by atoms with E-state index in [0.29, 0.717) is 17.5 Å². The molecule has 1 aromatic rings. The molecule has 3 N–H and O–H groups in total. The molecule has 0 amide bonds. The third kappa shape index (κ3) is 6.61. The molecule has 1 fully saturated rings. The number of aromatic nitrogens is 2. The van der Waals surface area contributed by atoms with Crippen molar-refractivity contribution in [2.45, 2.75) is 34.1 Å². The molecule has 2 heterocycles. The Balaban J connectivity index is 1.93. The Hall–Kier alpha value is -1.60. The Kier molecular flexibility index (Phi) is 8.38. The normalized spacial score (nSPS) is 15.6. The van der Waals surface area contributed by atoms with Crippen LogP contribution in [0.3, 0.4) is 0 Å². The van der Waals surface area contributed by atoms with Crippen molar-refractivity contribution in [1.82, 2.24) is 14.9 Å². The monoisotopic (exact) mass is 364 g/mol. The van der Waals surface area contributed by atoms with Crippen LogP contribution in [0.4, 0.5) is 17.3 Å². The predicted molar refractivity (Wildman–Crippen MR) is 109 cm³/mol. The highest BCUT2D eigenvalue weighted by Gasteiger charge is 2.17. The van der Waals surface area contributed by atoms with Crippen molar-refractivity contribution in [3.8, 4) is 0 Å². The van der Waals surface area contributed by atoms with Crippen LogP contribution in [0.15, 0.2) is 6.33 Å². The second-order valence-electron chi connectivity index (χ2n) is 7.89. The van der Waals surface area contributed by atoms with E-state index in [9.17, 15) is 0 Å². The predicted octanol–water partition coefficient (Wildman–Crippen LogP) is 2.31. The van der Waals surface area contributed by atoms with Crippen molar-refractivity contribution in [3.63, 3.8) is 0 Å². The highest BCUT2D eigenvalue weighted by molar-refractivity contribution is 5.74. The van der Waals surface area contributed by atoms with Crippen LogP contribution >= 0.6 is 0 Å². The van der Waals surface area contributed by atoms with E-state index in [0.717, 1.165) is 70.5 Å². The molecule has 1 aliphatic rings. The summed E-state index contributed by atoms with van der Waals surface area (Å²) in [7, 11) is 0. The fraction of sp³-hybridized carbons (Fsp3) is 0.789. The summed E-state index contributed by atoms with van der Waals surface area (Å²) in [5.41, 5.74) is 7.06. The summed E-state index contributed by atoms with van der Waals surface area (Å²) in [5, 5.41) is 3.39. The Bertz CT molecular complexity index is 521. The van der Waals surface area contributed by atoms with Crippen LogP contribution in [0.25, 0.3) is 0 Å². The standard InChI is InChI=1S/C19H36N6O/c1-15(2)12-25(13-16(3)4)19-17(20)18(22-14-23-19)21-6-5-7-24-8-10-26-11-9-24/h14-16H,5-13,20H2,1-4H3,(H,21,22,23). The van der Waals surface area contributed by atoms with Gasteiger partial charge in [-0.15, -0.1) is 0 Å². The fourth-order valence-corrected chi connectivity index (χ4v) is 3.24. The largest absolute Gasteiger partial charge is 0.393 e. The minimum atomic E-state index is 0.549. The highest BCUT2D eigenvalue weighted by atomic mass is 16.5. The van der Waals surface area contributed by atoms with Crippen molar-refractivity contribution in [2.75, 3.05) is 68.4 Å². The molecule has 26 heavy (non-hydrogen) atoms. The van der Waals surface area contributed by atoms with Gasteiger partial charge in [0, 0.05) is 32.7 Å². The molecule has 0 saturated carbocycles. The minimum Gasteiger partial charge on any atom is -0.393 e. The van der Waals surface area contributed by atoms with Crippen LogP contribution in [0.5, 0.6) is 0 Å². The summed E-state index contributed by atoms with van der Waals surface area (Å²) in [4.78, 5) is 13.6. The summed E-state index contributed by atoms with van der Waals surface area (Å²) in [6.45, 7) is 16.4. The van der Waals surface area contributed by atoms with E-state index in [1.807, 2.05) is 0 Å². The van der Waals surface area contributed by atoms with Crippen LogP contribution in [0.2, 0.25) is 0 Å². The molecule has 7 nitrogen and oxygen atoms in total. The number of anilines is 3. The summed E-state index contributed by atoms with van der Waals surface area (Å²) in [5.74, 6) is 2.69. The maximum absolute atomic E-state index is 6.40. The first-order valence-electron chi connectivity index (χ1n) is 9.86. The van der Waals surface area contributed by atoms with E-state index in [4.69, 9.17) is 10.5 Å². The van der Waals surface area contributed by atoms with Gasteiger partial charge in [0.05, 0.1) is 13.2 Å². The molecule has 7 heteroatoms. The lowest BCUT2D eigenvalue weighted by Crippen LogP contribution is -2.37. The Morgan fingerprint density at radius 2 is 1.81 bits per heavy atom. The molecule has 0 radical (unpaired) electrons. The zero-order valence-electron chi connectivity index (χ0n) is 16.9. The lowest BCUT2D eigenvalue weighted by atomic mass is 10.1. The third-order valence-corrected chi connectivity index (χ3v) is 4.38. The van der Waals surface area contributed by atoms with Crippen molar-refractivity contribution in [2.24, 2.45) is 11.8 Å². The number of hydrogen-bond acceptors (Lipinski definition) is 7. The van der Waals surface area contributed by atoms with Gasteiger partial charge in [-0.1, -0.05) is 27.7 Å². The van der Waals surface area contributed by atoms with Crippen LogP contribution in [0.1, 0.15) is 34.1 Å². The number of ether oxygens (including phenoxy) is 1. The van der Waals surface area contributed by atoms with Gasteiger partial charge in [-0.25, -0.2) is 9.97 Å². The second-order valence-corrected chi connectivity index (χ2v) is 7.89. The quantitative estimate of drug-likeness (QED) is 0.617. The van der Waals surface area contributed by atoms with Crippen LogP contribution in [-0.2, 0) is 4.74 Å². The van der Waals surface area contributed by atoms with E-state index in [2.05, 4.69) is 52.8 Å². The van der Waals surface area contributed by atoms with Gasteiger partial charge in [0.1, 0.15) is 12.0 Å². The number of nitrogens with one attached hydrogen (secondary N) is 1. The van der Waals surface area contributed by atoms with Gasteiger partial charge < -0.3 is 20.7 Å². The summed E-state index contributed by atoms with van der Waals surface area (Å²) in [6.07, 6.45) is 2.67. The number of morpholine rings is 1. The lowest BCUT2D eigenvalue weighted by Gasteiger charge is -2.29. The first kappa shape index (κ1) is 20.7. The molecule has 148 valence electrons. The zero-order valence-corrected chi connectivity index (χ0v) is 16.9. The smallest absolute Gasteiger partial charge is 0.157 e. The van der Waals surface area contributed by atoms with E-state index in [-0.39, 0.29) is 0 Å². The van der Waals surface area contributed by atoms with Gasteiger partial charge >= 0.3 is 0 Å². The number of nitrogens with zero attached hydrogens (tertiary/aromatic N) is 4. The van der Waals surface area contributed by atoms with Crippen molar-refractivity contribution in [1.29, 1.82) is 0 Å². The van der Waals surface area contributed by atoms with Gasteiger partial charge in [-0.3, -0.25) is 4.90 Å². The molecule has 1 saturated heterocycles. The summed E-state index contributed by atoms with van der Waals surface area (Å²) < 4.78 is 5.39. The molecule has 0 bridgehead atoms. The van der Waals surface area contributed by atoms with E-state index < -0.39 is 0 Å². The maximum atomic E-state index is 6.40. The average molecular weight is 365 g/mol. The first-order chi connectivity index (χ1) is 12.5. The molecule has 0 aromatic carbocycles. The number of nitrogen functional groups attached to an aromatic ring is 1. The highest BCUT2D eigenvalue weighted by Crippen LogP contribution is 2.27. The van der Waals surface area contributed by atoms with Crippen molar-refractivity contribution in [3.05, 3.63) is 6.33 Å². The van der Waals surface area contributed by atoms with Gasteiger partial charge in [0.15, 0.2) is 11.6 Å². The van der Waals surface area contributed by atoms with E-state index in [1.54, 1.807) is 6.33 Å². The summed E-state index contributed by atoms with van der Waals surface area (Å²) in [6, 6.07) is 0. The molecule has 1 aliphatic heterocycles. The zero-order chi connectivity index (χ0) is 18.9. The molecule has 0 atom stereocenters. The van der Waals surface area contributed by atoms with Crippen LogP contribution in [0, 0.1) is 11.8 Å². The topological polar surface area (TPSA) is 79.5 Å². The number of rotatable bonds is 10. The third-order valence-electron chi connectivity index (χ3n) is 4.38. The Morgan fingerprint density at radius 3 is 2.42 bits per heavy atom. The van der Waals surface area contributed by atoms with E-state index in [1.165, 1.54) is 0 Å². The SMILES string of the molecule is CC(C)CN(CC(C)C)c1ncnc(NCCCN2CCOCC2)c1N. The van der Waals surface area contributed by atoms with Crippen LogP contribution < -0.4 is 16.0 Å². The molecular formula is C19H36N6O. The van der Waals surface area contributed by atoms with E-state index >= 15 is 0 Å². The average Bonchev–Trinajstić information content (AvgIpc) is 2.59. The van der Waals surface area contributed by atoms with Crippen molar-refractivity contribution < 1.29 is 4.74 Å². The maximum Gasteiger partial charge on any atom is 0.157 e. The van der Waals surface area contributed by atoms with Crippen LogP contribution in [-0.4, -0.2) is 67.4 Å². The van der Waals surface area contributed by atoms with Gasteiger partial charge in [0.25, 0.3) is 0 Å². The number of hydrogen-bond donors (Lipinski definition) is 2. The molecule has 0 aliphatic carbocycles. The Labute approximate surface area is 158 Å². The van der Waals surface area contributed by atoms with Gasteiger partial charge in [-0.05, 0) is 24.8 Å². The molecule has 0 spiro atoms. The Morgan fingerprint density at radius 1 is 1.15 bits per heavy atom. The van der Waals surface area contributed by atoms with Gasteiger partial charge in [-0.2, -0.15) is 0 Å². The number of nitrogens with two attached hydrogens (primary N) is 1. The molecule has 0 unspecified atom stereocenters. The lowest BCUT2D eigenvalue weighted by molar-refractivity contribution is 0.0378. The fourth-order valence-electron chi connectivity index (χ4n) is 3.24. The second kappa shape index (κ2) is 10.5. The summed E-state index contributed by atoms with van der Waals surface area (Å²) >= 11 is 0.